The molecule has 0 saturated carbocycles. The highest BCUT2D eigenvalue weighted by atomic mass is 32.2. The molecule has 0 aliphatic carbocycles. The molecule has 3 rings (SSSR count). The van der Waals surface area contributed by atoms with E-state index in [2.05, 4.69) is 10.3 Å². The third kappa shape index (κ3) is 4.62. The minimum atomic E-state index is -0.223. The highest BCUT2D eigenvalue weighted by Crippen LogP contribution is 2.33. The maximum atomic E-state index is 12.3. The van der Waals surface area contributed by atoms with Gasteiger partial charge in [-0.15, -0.1) is 0 Å². The normalized spacial score (nSPS) is 16.6. The average Bonchev–Trinajstić information content (AvgIpc) is 2.99. The van der Waals surface area contributed by atoms with Gasteiger partial charge in [0.1, 0.15) is 11.4 Å². The number of benzene rings is 2. The fraction of sp³-hybridized carbons (Fsp3) is 0.200. The molecule has 27 heavy (non-hydrogen) atoms. The van der Waals surface area contributed by atoms with Gasteiger partial charge in [0.2, 0.25) is 0 Å². The Hall–Kier alpha value is -2.93. The van der Waals surface area contributed by atoms with Crippen LogP contribution in [0.2, 0.25) is 0 Å². The van der Waals surface area contributed by atoms with Crippen molar-refractivity contribution in [3.8, 4) is 17.2 Å². The van der Waals surface area contributed by atoms with Crippen LogP contribution in [0.5, 0.6) is 17.2 Å². The van der Waals surface area contributed by atoms with Crippen molar-refractivity contribution in [2.45, 2.75) is 13.8 Å². The summed E-state index contributed by atoms with van der Waals surface area (Å²) in [5, 5.41) is 13.0. The van der Waals surface area contributed by atoms with E-state index >= 15 is 0 Å². The molecule has 0 spiro atoms. The fourth-order valence-corrected chi connectivity index (χ4v) is 3.29. The van der Waals surface area contributed by atoms with Crippen LogP contribution in [0.1, 0.15) is 19.4 Å². The van der Waals surface area contributed by atoms with E-state index in [0.717, 1.165) is 5.56 Å². The predicted molar refractivity (Wildman–Crippen MR) is 108 cm³/mol. The van der Waals surface area contributed by atoms with Gasteiger partial charge in [-0.1, -0.05) is 18.2 Å². The molecule has 1 amide bonds. The van der Waals surface area contributed by atoms with Crippen molar-refractivity contribution in [2.24, 2.45) is 4.99 Å². The van der Waals surface area contributed by atoms with Crippen molar-refractivity contribution in [1.29, 1.82) is 0 Å². The van der Waals surface area contributed by atoms with E-state index in [1.54, 1.807) is 24.3 Å². The van der Waals surface area contributed by atoms with E-state index in [9.17, 15) is 9.90 Å². The second-order valence-electron chi connectivity index (χ2n) is 5.54. The molecule has 0 unspecified atom stereocenters. The van der Waals surface area contributed by atoms with Crippen LogP contribution in [0, 0.1) is 0 Å². The minimum absolute atomic E-state index is 0.0670. The zero-order valence-corrected chi connectivity index (χ0v) is 15.9. The molecule has 6 nitrogen and oxygen atoms in total. The lowest BCUT2D eigenvalue weighted by Gasteiger charge is -2.06. The number of amides is 1. The monoisotopic (exact) mass is 384 g/mol. The lowest BCUT2D eigenvalue weighted by molar-refractivity contribution is -0.115. The van der Waals surface area contributed by atoms with Gasteiger partial charge in [-0.25, -0.2) is 4.99 Å². The highest BCUT2D eigenvalue weighted by molar-refractivity contribution is 8.18. The van der Waals surface area contributed by atoms with Gasteiger partial charge in [0.15, 0.2) is 16.7 Å². The molecular formula is C20H20N2O4S. The standard InChI is InChI=1S/C20H20N2O4S/c1-3-25-16-8-6-5-7-14(16)21-20-22-19(24)18(27-20)12-13-9-10-15(23)17(11-13)26-4-2/h5-12,23H,3-4H2,1-2H3,(H,21,22,24)/b18-12-. The molecule has 0 radical (unpaired) electrons. The number of carbonyl (C=O) groups excluding carboxylic acids is 1. The fourth-order valence-electron chi connectivity index (χ4n) is 2.46. The number of nitrogens with one attached hydrogen (secondary N) is 1. The summed E-state index contributed by atoms with van der Waals surface area (Å²) in [7, 11) is 0. The van der Waals surface area contributed by atoms with Crippen molar-refractivity contribution in [3.05, 3.63) is 52.9 Å². The first-order valence-electron chi connectivity index (χ1n) is 8.58. The lowest BCUT2D eigenvalue weighted by atomic mass is 10.2. The molecule has 140 valence electrons. The summed E-state index contributed by atoms with van der Waals surface area (Å²) in [6, 6.07) is 12.4. The first-order chi connectivity index (χ1) is 13.1. The number of aliphatic imine (C=N–C) groups is 1. The zero-order valence-electron chi connectivity index (χ0n) is 15.1. The Morgan fingerprint density at radius 3 is 2.63 bits per heavy atom. The smallest absolute Gasteiger partial charge is 0.264 e. The largest absolute Gasteiger partial charge is 0.504 e. The molecule has 1 aliphatic heterocycles. The Bertz CT molecular complexity index is 909. The summed E-state index contributed by atoms with van der Waals surface area (Å²) < 4.78 is 10.9. The topological polar surface area (TPSA) is 80.2 Å². The zero-order chi connectivity index (χ0) is 19.2. The van der Waals surface area contributed by atoms with Gasteiger partial charge in [0, 0.05) is 0 Å². The van der Waals surface area contributed by atoms with Crippen molar-refractivity contribution in [1.82, 2.24) is 5.32 Å². The van der Waals surface area contributed by atoms with Crippen molar-refractivity contribution in [2.75, 3.05) is 13.2 Å². The van der Waals surface area contributed by atoms with Crippen LogP contribution >= 0.6 is 11.8 Å². The number of para-hydroxylation sites is 2. The third-order valence-corrected chi connectivity index (χ3v) is 4.53. The number of nitrogens with zero attached hydrogens (tertiary/aromatic N) is 1. The third-order valence-electron chi connectivity index (χ3n) is 3.62. The molecule has 0 atom stereocenters. The van der Waals surface area contributed by atoms with E-state index in [-0.39, 0.29) is 11.7 Å². The Morgan fingerprint density at radius 2 is 1.85 bits per heavy atom. The summed E-state index contributed by atoms with van der Waals surface area (Å²) in [5.74, 6) is 0.894. The van der Waals surface area contributed by atoms with E-state index in [1.807, 2.05) is 38.1 Å². The molecule has 2 N–H and O–H groups in total. The van der Waals surface area contributed by atoms with E-state index < -0.39 is 0 Å². The molecule has 7 heteroatoms. The number of amidine groups is 1. The van der Waals surface area contributed by atoms with Gasteiger partial charge < -0.3 is 19.9 Å². The van der Waals surface area contributed by atoms with E-state index in [1.165, 1.54) is 11.8 Å². The second-order valence-corrected chi connectivity index (χ2v) is 6.57. The number of phenolic OH excluding ortho intramolecular Hbond substituents is 1. The predicted octanol–water partition coefficient (Wildman–Crippen LogP) is 4.08. The van der Waals surface area contributed by atoms with E-state index in [4.69, 9.17) is 9.47 Å². The number of ether oxygens (including phenoxy) is 2. The Labute approximate surface area is 161 Å². The molecule has 2 aromatic rings. The summed E-state index contributed by atoms with van der Waals surface area (Å²) in [6.45, 7) is 4.73. The number of phenols is 1. The van der Waals surface area contributed by atoms with Crippen LogP contribution in [-0.2, 0) is 4.79 Å². The van der Waals surface area contributed by atoms with E-state index in [0.29, 0.717) is 40.5 Å². The molecule has 0 bridgehead atoms. The highest BCUT2D eigenvalue weighted by Gasteiger charge is 2.24. The number of hydrogen-bond donors (Lipinski definition) is 2. The molecule has 1 saturated heterocycles. The molecule has 1 fully saturated rings. The number of rotatable bonds is 6. The Morgan fingerprint density at radius 1 is 1.11 bits per heavy atom. The van der Waals surface area contributed by atoms with Crippen LogP contribution in [0.15, 0.2) is 52.4 Å². The van der Waals surface area contributed by atoms with Gasteiger partial charge >= 0.3 is 0 Å². The number of thioether (sulfide) groups is 1. The van der Waals surface area contributed by atoms with Gasteiger partial charge in [-0.05, 0) is 61.5 Å². The van der Waals surface area contributed by atoms with Crippen molar-refractivity contribution in [3.63, 3.8) is 0 Å². The first-order valence-corrected chi connectivity index (χ1v) is 9.39. The number of hydrogen-bond acceptors (Lipinski definition) is 6. The minimum Gasteiger partial charge on any atom is -0.504 e. The molecular weight excluding hydrogens is 364 g/mol. The van der Waals surface area contributed by atoms with Crippen LogP contribution < -0.4 is 14.8 Å². The summed E-state index contributed by atoms with van der Waals surface area (Å²) in [4.78, 5) is 17.3. The first kappa shape index (κ1) is 18.8. The van der Waals surface area contributed by atoms with Gasteiger partial charge in [-0.3, -0.25) is 4.79 Å². The van der Waals surface area contributed by atoms with Gasteiger partial charge in [0.05, 0.1) is 18.1 Å². The van der Waals surface area contributed by atoms with Crippen LogP contribution in [0.4, 0.5) is 5.69 Å². The SMILES string of the molecule is CCOc1cc(/C=C2\SC(=Nc3ccccc3OCC)NC2=O)ccc1O. The molecule has 1 heterocycles. The second kappa shape index (κ2) is 8.64. The number of aromatic hydroxyl groups is 1. The van der Waals surface area contributed by atoms with Crippen LogP contribution in [0.25, 0.3) is 6.08 Å². The molecule has 0 aromatic heterocycles. The van der Waals surface area contributed by atoms with Crippen LogP contribution in [0.3, 0.4) is 0 Å². The summed E-state index contributed by atoms with van der Waals surface area (Å²) in [6.07, 6.45) is 1.74. The van der Waals surface area contributed by atoms with Crippen molar-refractivity contribution >= 4 is 34.6 Å². The summed E-state index contributed by atoms with van der Waals surface area (Å²) in [5.41, 5.74) is 1.41. The summed E-state index contributed by atoms with van der Waals surface area (Å²) >= 11 is 1.25. The number of carbonyl (C=O) groups is 1. The average molecular weight is 384 g/mol. The van der Waals surface area contributed by atoms with Gasteiger partial charge in [0.25, 0.3) is 5.91 Å². The maximum absolute atomic E-state index is 12.3. The van der Waals surface area contributed by atoms with Crippen molar-refractivity contribution < 1.29 is 19.4 Å². The van der Waals surface area contributed by atoms with Crippen LogP contribution in [-0.4, -0.2) is 29.4 Å². The Kier molecular flexibility index (Phi) is 6.03. The van der Waals surface area contributed by atoms with Gasteiger partial charge in [-0.2, -0.15) is 0 Å². The molecule has 1 aliphatic rings. The molecule has 2 aromatic carbocycles. The quantitative estimate of drug-likeness (QED) is 0.734. The Balaban J connectivity index is 1.84. The maximum Gasteiger partial charge on any atom is 0.264 e. The lowest BCUT2D eigenvalue weighted by Crippen LogP contribution is -2.19.